The van der Waals surface area contributed by atoms with E-state index in [0.717, 1.165) is 0 Å². The molecule has 5 aromatic rings. The Morgan fingerprint density at radius 2 is 1.87 bits per heavy atom. The maximum atomic E-state index is 14.2. The minimum atomic E-state index is -0.332. The lowest BCUT2D eigenvalue weighted by Crippen LogP contribution is -2.06. The van der Waals surface area contributed by atoms with Crippen molar-refractivity contribution in [2.75, 3.05) is 5.73 Å². The zero-order valence-electron chi connectivity index (χ0n) is 16.3. The van der Waals surface area contributed by atoms with Gasteiger partial charge >= 0.3 is 0 Å². The Morgan fingerprint density at radius 3 is 2.71 bits per heavy atom. The average molecular weight is 417 g/mol. The van der Waals surface area contributed by atoms with E-state index in [-0.39, 0.29) is 30.5 Å². The van der Waals surface area contributed by atoms with E-state index in [1.54, 1.807) is 53.3 Å². The van der Waals surface area contributed by atoms with E-state index in [9.17, 15) is 8.78 Å². The Hall–Kier alpha value is -4.14. The molecule has 0 aliphatic rings. The quantitative estimate of drug-likeness (QED) is 0.473. The third-order valence-corrected chi connectivity index (χ3v) is 4.91. The molecule has 0 saturated heterocycles. The van der Waals surface area contributed by atoms with Gasteiger partial charge in [-0.25, -0.2) is 23.4 Å². The van der Waals surface area contributed by atoms with Gasteiger partial charge in [0.15, 0.2) is 5.65 Å². The van der Waals surface area contributed by atoms with E-state index in [0.29, 0.717) is 34.0 Å². The molecule has 0 spiro atoms. The van der Waals surface area contributed by atoms with Crippen LogP contribution in [0.15, 0.2) is 67.1 Å². The summed E-state index contributed by atoms with van der Waals surface area (Å²) in [6.07, 6.45) is 5.43. The lowest BCUT2D eigenvalue weighted by atomic mass is 10.1. The van der Waals surface area contributed by atoms with Gasteiger partial charge in [-0.3, -0.25) is 0 Å². The smallest absolute Gasteiger partial charge is 0.219 e. The average Bonchev–Trinajstić information content (AvgIpc) is 3.37. The topological polar surface area (TPSA) is 86.9 Å². The van der Waals surface area contributed by atoms with Crippen molar-refractivity contribution in [3.63, 3.8) is 0 Å². The van der Waals surface area contributed by atoms with Gasteiger partial charge in [0, 0.05) is 25.0 Å². The summed E-state index contributed by atoms with van der Waals surface area (Å²) in [5.74, 6) is -0.135. The molecule has 154 valence electrons. The minimum absolute atomic E-state index is 0.183. The normalized spacial score (nSPS) is 11.3. The number of fused-ring (bicyclic) bond motifs is 1. The Kier molecular flexibility index (Phi) is 4.62. The van der Waals surface area contributed by atoms with E-state index in [1.807, 2.05) is 0 Å². The Labute approximate surface area is 175 Å². The van der Waals surface area contributed by atoms with Crippen LogP contribution in [0.4, 0.5) is 14.7 Å². The largest absolute Gasteiger partial charge is 0.368 e. The van der Waals surface area contributed by atoms with Crippen molar-refractivity contribution in [3.05, 3.63) is 95.6 Å². The van der Waals surface area contributed by atoms with Crippen molar-refractivity contribution in [3.8, 4) is 11.5 Å². The lowest BCUT2D eigenvalue weighted by molar-refractivity contribution is 0.613. The van der Waals surface area contributed by atoms with Crippen LogP contribution >= 0.6 is 0 Å². The van der Waals surface area contributed by atoms with Crippen LogP contribution in [0.5, 0.6) is 0 Å². The Bertz CT molecular complexity index is 1390. The summed E-state index contributed by atoms with van der Waals surface area (Å²) in [4.78, 5) is 13.3. The molecule has 2 aromatic carbocycles. The fourth-order valence-corrected chi connectivity index (χ4v) is 3.43. The highest BCUT2D eigenvalue weighted by atomic mass is 19.1. The first-order chi connectivity index (χ1) is 15.1. The van der Waals surface area contributed by atoms with E-state index in [1.165, 1.54) is 22.9 Å². The number of hydrogen-bond acceptors (Lipinski definition) is 5. The molecule has 0 saturated carbocycles. The molecule has 2 N–H and O–H groups in total. The zero-order chi connectivity index (χ0) is 21.4. The van der Waals surface area contributed by atoms with Gasteiger partial charge in [0.1, 0.15) is 17.3 Å². The zero-order valence-corrected chi connectivity index (χ0v) is 16.3. The highest BCUT2D eigenvalue weighted by Gasteiger charge is 2.16. The molecule has 0 amide bonds. The van der Waals surface area contributed by atoms with Crippen LogP contribution in [-0.2, 0) is 13.0 Å². The maximum absolute atomic E-state index is 14.2. The Balaban J connectivity index is 1.53. The number of halogens is 2. The van der Waals surface area contributed by atoms with Crippen LogP contribution in [0.3, 0.4) is 0 Å². The van der Waals surface area contributed by atoms with Crippen LogP contribution in [0.2, 0.25) is 0 Å². The molecule has 5 rings (SSSR count). The van der Waals surface area contributed by atoms with Crippen molar-refractivity contribution in [2.24, 2.45) is 0 Å². The number of nitrogen functional groups attached to an aromatic ring is 1. The number of hydrogen-bond donors (Lipinski definition) is 1. The first kappa shape index (κ1) is 18.9. The summed E-state index contributed by atoms with van der Waals surface area (Å²) >= 11 is 0. The van der Waals surface area contributed by atoms with Crippen molar-refractivity contribution >= 4 is 11.6 Å². The molecular formula is C22H17F2N7. The molecule has 0 fully saturated rings. The highest BCUT2D eigenvalue weighted by Crippen LogP contribution is 2.21. The third kappa shape index (κ3) is 3.73. The summed E-state index contributed by atoms with van der Waals surface area (Å²) in [5.41, 5.74) is 8.95. The predicted molar refractivity (Wildman–Crippen MR) is 111 cm³/mol. The van der Waals surface area contributed by atoms with Crippen molar-refractivity contribution < 1.29 is 8.78 Å². The number of rotatable bonds is 5. The Morgan fingerprint density at radius 1 is 1.00 bits per heavy atom. The number of imidazole rings is 1. The molecule has 3 heterocycles. The minimum Gasteiger partial charge on any atom is -0.368 e. The van der Waals surface area contributed by atoms with Gasteiger partial charge in [-0.2, -0.15) is 4.98 Å². The van der Waals surface area contributed by atoms with Crippen molar-refractivity contribution in [2.45, 2.75) is 13.0 Å². The summed E-state index contributed by atoms with van der Waals surface area (Å²) in [6, 6.07) is 12.8. The summed E-state index contributed by atoms with van der Waals surface area (Å²) in [7, 11) is 0. The fourth-order valence-electron chi connectivity index (χ4n) is 3.43. The molecular weight excluding hydrogens is 400 g/mol. The maximum Gasteiger partial charge on any atom is 0.219 e. The van der Waals surface area contributed by atoms with Crippen LogP contribution < -0.4 is 5.73 Å². The molecule has 0 aliphatic heterocycles. The predicted octanol–water partition coefficient (Wildman–Crippen LogP) is 3.49. The van der Waals surface area contributed by atoms with Gasteiger partial charge in [-0.05, 0) is 29.3 Å². The van der Waals surface area contributed by atoms with E-state index in [4.69, 9.17) is 5.73 Å². The molecule has 0 radical (unpaired) electrons. The second-order valence-electron chi connectivity index (χ2n) is 7.08. The summed E-state index contributed by atoms with van der Waals surface area (Å²) in [5, 5.41) is 4.45. The number of nitrogens with zero attached hydrogens (tertiary/aromatic N) is 6. The van der Waals surface area contributed by atoms with Gasteiger partial charge in [-0.15, -0.1) is 5.10 Å². The highest BCUT2D eigenvalue weighted by molar-refractivity contribution is 5.56. The first-order valence-corrected chi connectivity index (χ1v) is 9.58. The molecule has 0 unspecified atom stereocenters. The molecule has 3 aromatic heterocycles. The third-order valence-electron chi connectivity index (χ3n) is 4.91. The van der Waals surface area contributed by atoms with Crippen molar-refractivity contribution in [1.29, 1.82) is 0 Å². The van der Waals surface area contributed by atoms with Crippen LogP contribution in [0, 0.1) is 11.6 Å². The fraction of sp³-hybridized carbons (Fsp3) is 0.0909. The standard InChI is InChI=1S/C22H17F2N7/c23-16-6-3-4-14(10-16)12-31-22(25)28-20(29-31)19-13-30-9-8-26-21(30)18(27-19)11-15-5-1-2-7-17(15)24/h1-10,13H,11-12H2,(H2,25,28,29). The van der Waals surface area contributed by atoms with E-state index in [2.05, 4.69) is 20.1 Å². The lowest BCUT2D eigenvalue weighted by Gasteiger charge is -2.07. The van der Waals surface area contributed by atoms with Gasteiger partial charge in [-0.1, -0.05) is 30.3 Å². The van der Waals surface area contributed by atoms with Crippen LogP contribution in [0.25, 0.3) is 17.2 Å². The molecule has 0 bridgehead atoms. The number of anilines is 1. The van der Waals surface area contributed by atoms with Gasteiger partial charge in [0.05, 0.1) is 12.2 Å². The SMILES string of the molecule is Nc1nc(-c2cn3ccnc3c(Cc3ccccc3F)n2)nn1Cc1cccc(F)c1. The molecule has 31 heavy (non-hydrogen) atoms. The van der Waals surface area contributed by atoms with Gasteiger partial charge < -0.3 is 10.1 Å². The molecule has 0 atom stereocenters. The number of aromatic nitrogens is 6. The number of nitrogens with two attached hydrogens (primary N) is 1. The van der Waals surface area contributed by atoms with Gasteiger partial charge in [0.2, 0.25) is 11.8 Å². The van der Waals surface area contributed by atoms with E-state index >= 15 is 0 Å². The van der Waals surface area contributed by atoms with Crippen LogP contribution in [-0.4, -0.2) is 29.1 Å². The van der Waals surface area contributed by atoms with Gasteiger partial charge in [0.25, 0.3) is 0 Å². The molecule has 7 nitrogen and oxygen atoms in total. The molecule has 9 heteroatoms. The monoisotopic (exact) mass is 417 g/mol. The first-order valence-electron chi connectivity index (χ1n) is 9.58. The van der Waals surface area contributed by atoms with E-state index < -0.39 is 0 Å². The second kappa shape index (κ2) is 7.60. The number of benzene rings is 2. The summed E-state index contributed by atoms with van der Waals surface area (Å²) in [6.45, 7) is 0.270. The molecule has 0 aliphatic carbocycles. The van der Waals surface area contributed by atoms with Crippen molar-refractivity contribution in [1.82, 2.24) is 29.1 Å². The second-order valence-corrected chi connectivity index (χ2v) is 7.08. The van der Waals surface area contributed by atoms with Crippen LogP contribution in [0.1, 0.15) is 16.8 Å². The summed E-state index contributed by atoms with van der Waals surface area (Å²) < 4.78 is 31.0.